The zero-order chi connectivity index (χ0) is 19.8. The molecule has 1 N–H and O–H groups in total. The molecule has 29 heavy (non-hydrogen) atoms. The Kier molecular flexibility index (Phi) is 4.83. The molecule has 0 aromatic heterocycles. The van der Waals surface area contributed by atoms with E-state index in [1.807, 2.05) is 10.6 Å². The van der Waals surface area contributed by atoms with Gasteiger partial charge in [0.05, 0.1) is 0 Å². The van der Waals surface area contributed by atoms with Gasteiger partial charge in [-0.25, -0.2) is 14.8 Å². The van der Waals surface area contributed by atoms with Gasteiger partial charge in [0, 0.05) is 38.3 Å². The van der Waals surface area contributed by atoms with Crippen molar-refractivity contribution in [2.75, 3.05) is 18.5 Å². The fourth-order valence-electron chi connectivity index (χ4n) is 4.51. The number of fused-ring (bicyclic) bond motifs is 3. The van der Waals surface area contributed by atoms with E-state index in [-0.39, 0.29) is 11.7 Å². The number of nitrogens with zero attached hydrogens (tertiary/aromatic N) is 4. The first-order valence-electron chi connectivity index (χ1n) is 10.6. The van der Waals surface area contributed by atoms with Crippen LogP contribution in [0.4, 0.5) is 5.82 Å². The number of ether oxygens (including phenoxy) is 1. The first-order valence-corrected chi connectivity index (χ1v) is 10.6. The monoisotopic (exact) mass is 393 g/mol. The molecule has 152 valence electrons. The fraction of sp³-hybridized carbons (Fsp3) is 0.500. The minimum atomic E-state index is 0.0100. The van der Waals surface area contributed by atoms with Crippen molar-refractivity contribution < 1.29 is 4.74 Å². The van der Waals surface area contributed by atoms with Gasteiger partial charge in [0.2, 0.25) is 0 Å². The second kappa shape index (κ2) is 7.63. The van der Waals surface area contributed by atoms with Crippen LogP contribution in [0.2, 0.25) is 0 Å². The third-order valence-corrected chi connectivity index (χ3v) is 5.97. The van der Waals surface area contributed by atoms with Crippen LogP contribution in [0.5, 0.6) is 0 Å². The number of aromatic nitrogens is 4. The van der Waals surface area contributed by atoms with E-state index in [2.05, 4.69) is 36.5 Å². The molecule has 7 nitrogen and oxygen atoms in total. The van der Waals surface area contributed by atoms with Crippen molar-refractivity contribution in [3.63, 3.8) is 0 Å². The maximum absolute atomic E-state index is 13.2. The van der Waals surface area contributed by atoms with Crippen molar-refractivity contribution in [1.82, 2.24) is 19.1 Å². The Balaban J connectivity index is 1.54. The summed E-state index contributed by atoms with van der Waals surface area (Å²) in [5, 5.41) is 3.57. The summed E-state index contributed by atoms with van der Waals surface area (Å²) >= 11 is 0. The van der Waals surface area contributed by atoms with E-state index < -0.39 is 0 Å². The minimum Gasteiger partial charge on any atom is -0.381 e. The predicted molar refractivity (Wildman–Crippen MR) is 112 cm³/mol. The summed E-state index contributed by atoms with van der Waals surface area (Å²) in [4.78, 5) is 23.0. The Labute approximate surface area is 170 Å². The minimum absolute atomic E-state index is 0.0100. The lowest BCUT2D eigenvalue weighted by atomic mass is 10.00. The quantitative estimate of drug-likeness (QED) is 0.722. The molecule has 0 amide bonds. The van der Waals surface area contributed by atoms with Crippen LogP contribution in [0.25, 0.3) is 11.5 Å². The maximum Gasteiger partial charge on any atom is 0.331 e. The summed E-state index contributed by atoms with van der Waals surface area (Å²) in [5.41, 5.74) is 2.10. The van der Waals surface area contributed by atoms with Crippen molar-refractivity contribution in [1.29, 1.82) is 0 Å². The van der Waals surface area contributed by atoms with Crippen LogP contribution in [0.3, 0.4) is 0 Å². The first kappa shape index (κ1) is 18.4. The van der Waals surface area contributed by atoms with Crippen molar-refractivity contribution in [3.05, 3.63) is 52.2 Å². The summed E-state index contributed by atoms with van der Waals surface area (Å²) in [7, 11) is 0. The number of nitrogens with one attached hydrogen (secondary N) is 1. The lowest BCUT2D eigenvalue weighted by molar-refractivity contribution is 0.0838. The van der Waals surface area contributed by atoms with E-state index in [4.69, 9.17) is 14.7 Å². The van der Waals surface area contributed by atoms with Gasteiger partial charge in [-0.05, 0) is 31.2 Å². The Bertz CT molecular complexity index is 1020. The van der Waals surface area contributed by atoms with Gasteiger partial charge in [0.1, 0.15) is 17.3 Å². The molecule has 0 bridgehead atoms. The van der Waals surface area contributed by atoms with Crippen LogP contribution in [0.15, 0.2) is 35.1 Å². The summed E-state index contributed by atoms with van der Waals surface area (Å²) in [6.45, 7) is 4.90. The SMILES string of the molecule is CCCn1c2nc(C3CCOCC3)nc-2c2n(c1=O)C[C@@H](Cc1ccccc1)N2. The average molecular weight is 393 g/mol. The Morgan fingerprint density at radius 2 is 1.97 bits per heavy atom. The van der Waals surface area contributed by atoms with Gasteiger partial charge in [-0.3, -0.25) is 9.13 Å². The van der Waals surface area contributed by atoms with Gasteiger partial charge < -0.3 is 10.1 Å². The number of rotatable bonds is 5. The Morgan fingerprint density at radius 3 is 2.72 bits per heavy atom. The van der Waals surface area contributed by atoms with E-state index in [1.165, 1.54) is 5.56 Å². The van der Waals surface area contributed by atoms with Gasteiger partial charge >= 0.3 is 5.69 Å². The highest BCUT2D eigenvalue weighted by atomic mass is 16.5. The smallest absolute Gasteiger partial charge is 0.331 e. The summed E-state index contributed by atoms with van der Waals surface area (Å²) in [5.74, 6) is 2.71. The normalized spacial score (nSPS) is 19.4. The van der Waals surface area contributed by atoms with Crippen molar-refractivity contribution >= 4 is 5.82 Å². The standard InChI is InChI=1S/C22H27N5O2/c1-2-10-26-21-18(24-19(25-21)16-8-11-29-12-9-16)20-23-17(14-27(20)22(26)28)13-15-6-4-3-5-7-15/h3-7,16-17,23H,2,8-14H2,1H3/t17-/m1/s1. The number of hydrogen-bond acceptors (Lipinski definition) is 5. The molecule has 4 heterocycles. The molecule has 1 aromatic rings. The third-order valence-electron chi connectivity index (χ3n) is 5.97. The lowest BCUT2D eigenvalue weighted by Crippen LogP contribution is -2.32. The van der Waals surface area contributed by atoms with E-state index in [0.717, 1.165) is 62.1 Å². The lowest BCUT2D eigenvalue weighted by Gasteiger charge is -2.19. The van der Waals surface area contributed by atoms with E-state index in [9.17, 15) is 4.79 Å². The van der Waals surface area contributed by atoms with Crippen LogP contribution >= 0.6 is 0 Å². The molecule has 1 aromatic carbocycles. The van der Waals surface area contributed by atoms with Crippen LogP contribution in [-0.2, 0) is 24.2 Å². The van der Waals surface area contributed by atoms with Crippen LogP contribution in [-0.4, -0.2) is 38.4 Å². The van der Waals surface area contributed by atoms with Gasteiger partial charge in [-0.1, -0.05) is 37.3 Å². The molecular formula is C22H27N5O2. The molecule has 1 saturated heterocycles. The van der Waals surface area contributed by atoms with Crippen molar-refractivity contribution in [3.8, 4) is 11.5 Å². The molecule has 4 aliphatic heterocycles. The third kappa shape index (κ3) is 3.33. The molecule has 1 fully saturated rings. The first-order chi connectivity index (χ1) is 14.2. The topological polar surface area (TPSA) is 74.0 Å². The average Bonchev–Trinajstić information content (AvgIpc) is 3.37. The summed E-state index contributed by atoms with van der Waals surface area (Å²) in [6, 6.07) is 10.6. The van der Waals surface area contributed by atoms with Gasteiger partial charge in [-0.15, -0.1) is 0 Å². The van der Waals surface area contributed by atoms with Crippen LogP contribution in [0.1, 0.15) is 43.5 Å². The highest BCUT2D eigenvalue weighted by Gasteiger charge is 2.33. The largest absolute Gasteiger partial charge is 0.381 e. The zero-order valence-electron chi connectivity index (χ0n) is 16.8. The van der Waals surface area contributed by atoms with Crippen LogP contribution in [0, 0.1) is 0 Å². The molecule has 7 heteroatoms. The molecule has 0 unspecified atom stereocenters. The van der Waals surface area contributed by atoms with Gasteiger partial charge in [0.25, 0.3) is 0 Å². The van der Waals surface area contributed by atoms with Gasteiger partial charge in [-0.2, -0.15) is 0 Å². The number of benzene rings is 1. The van der Waals surface area contributed by atoms with Crippen molar-refractivity contribution in [2.45, 2.75) is 57.7 Å². The second-order valence-corrected chi connectivity index (χ2v) is 8.07. The number of hydrogen-bond donors (Lipinski definition) is 1. The maximum atomic E-state index is 13.2. The van der Waals surface area contributed by atoms with E-state index in [1.54, 1.807) is 4.57 Å². The number of imidazole rings is 1. The van der Waals surface area contributed by atoms with E-state index >= 15 is 0 Å². The Morgan fingerprint density at radius 1 is 1.17 bits per heavy atom. The summed E-state index contributed by atoms with van der Waals surface area (Å²) < 4.78 is 9.16. The van der Waals surface area contributed by atoms with Crippen LogP contribution < -0.4 is 11.0 Å². The highest BCUT2D eigenvalue weighted by Crippen LogP contribution is 2.34. The predicted octanol–water partition coefficient (Wildman–Crippen LogP) is 2.89. The molecule has 5 rings (SSSR count). The highest BCUT2D eigenvalue weighted by molar-refractivity contribution is 5.70. The Hall–Kier alpha value is -2.67. The molecule has 0 aliphatic carbocycles. The molecule has 0 radical (unpaired) electrons. The second-order valence-electron chi connectivity index (χ2n) is 8.07. The number of anilines is 1. The molecule has 4 aliphatic rings. The molecule has 1 atom stereocenters. The fourth-order valence-corrected chi connectivity index (χ4v) is 4.51. The summed E-state index contributed by atoms with van der Waals surface area (Å²) in [6.07, 6.45) is 3.63. The van der Waals surface area contributed by atoms with E-state index in [0.29, 0.717) is 19.0 Å². The molecule has 0 spiro atoms. The zero-order valence-corrected chi connectivity index (χ0v) is 16.8. The van der Waals surface area contributed by atoms with Crippen molar-refractivity contribution in [2.24, 2.45) is 0 Å². The molecular weight excluding hydrogens is 366 g/mol. The van der Waals surface area contributed by atoms with Gasteiger partial charge in [0.15, 0.2) is 5.82 Å². The molecule has 0 saturated carbocycles.